The lowest BCUT2D eigenvalue weighted by Crippen LogP contribution is -2.16. The van der Waals surface area contributed by atoms with Crippen LogP contribution in [0.5, 0.6) is 0 Å². The van der Waals surface area contributed by atoms with E-state index < -0.39 is 0 Å². The number of hydrogen-bond acceptors (Lipinski definition) is 1. The van der Waals surface area contributed by atoms with Crippen molar-refractivity contribution in [1.29, 1.82) is 0 Å². The maximum Gasteiger partial charge on any atom is 0.0177 e. The first-order chi connectivity index (χ1) is 6.72. The molecule has 1 atom stereocenters. The Labute approximate surface area is 95.0 Å². The third-order valence-corrected chi connectivity index (χ3v) is 2.86. The Morgan fingerprint density at radius 3 is 2.86 bits per heavy atom. The van der Waals surface area contributed by atoms with Crippen LogP contribution in [0.25, 0.3) is 0 Å². The van der Waals surface area contributed by atoms with E-state index >= 15 is 0 Å². The van der Waals surface area contributed by atoms with Gasteiger partial charge in [-0.15, -0.1) is 0 Å². The molecule has 14 heavy (non-hydrogen) atoms. The first kappa shape index (κ1) is 11.7. The van der Waals surface area contributed by atoms with Crippen molar-refractivity contribution in [2.75, 3.05) is 13.6 Å². The molecule has 0 aliphatic rings. The van der Waals surface area contributed by atoms with Crippen molar-refractivity contribution in [1.82, 2.24) is 5.32 Å². The summed E-state index contributed by atoms with van der Waals surface area (Å²) in [6.45, 7) is 3.39. The molecule has 0 fully saturated rings. The molecule has 1 nitrogen and oxygen atoms in total. The van der Waals surface area contributed by atoms with Crippen LogP contribution in [0.3, 0.4) is 0 Å². The molecule has 0 aliphatic heterocycles. The van der Waals surface area contributed by atoms with E-state index in [4.69, 9.17) is 0 Å². The summed E-state index contributed by atoms with van der Waals surface area (Å²) in [6.07, 6.45) is 2.42. The molecule has 0 radical (unpaired) electrons. The monoisotopic (exact) mass is 255 g/mol. The van der Waals surface area contributed by atoms with Crippen molar-refractivity contribution in [2.24, 2.45) is 5.92 Å². The predicted molar refractivity (Wildman–Crippen MR) is 65.6 cm³/mol. The Hall–Kier alpha value is -0.340. The smallest absolute Gasteiger partial charge is 0.0177 e. The van der Waals surface area contributed by atoms with Gasteiger partial charge in [0.1, 0.15) is 0 Å². The summed E-state index contributed by atoms with van der Waals surface area (Å²) in [5, 5.41) is 3.21. The maximum absolute atomic E-state index is 3.49. The Balaban J connectivity index is 2.37. The van der Waals surface area contributed by atoms with E-state index in [1.807, 2.05) is 7.05 Å². The molecule has 1 rings (SSSR count). The zero-order valence-corrected chi connectivity index (χ0v) is 10.5. The second-order valence-corrected chi connectivity index (χ2v) is 4.75. The van der Waals surface area contributed by atoms with Gasteiger partial charge in [0.15, 0.2) is 0 Å². The fourth-order valence-corrected chi connectivity index (χ4v) is 2.00. The van der Waals surface area contributed by atoms with Gasteiger partial charge in [-0.2, -0.15) is 0 Å². The third kappa shape index (κ3) is 4.25. The minimum Gasteiger partial charge on any atom is -0.319 e. The second-order valence-electron chi connectivity index (χ2n) is 3.83. The molecule has 0 spiro atoms. The van der Waals surface area contributed by atoms with E-state index in [0.29, 0.717) is 0 Å². The molecule has 0 aliphatic carbocycles. The van der Waals surface area contributed by atoms with Gasteiger partial charge >= 0.3 is 0 Å². The van der Waals surface area contributed by atoms with E-state index in [1.54, 1.807) is 0 Å². The van der Waals surface area contributed by atoms with Crippen LogP contribution in [0.4, 0.5) is 0 Å². The summed E-state index contributed by atoms with van der Waals surface area (Å²) in [6, 6.07) is 8.56. The van der Waals surface area contributed by atoms with Crippen LogP contribution in [0.2, 0.25) is 0 Å². The largest absolute Gasteiger partial charge is 0.319 e. The number of hydrogen-bond donors (Lipinski definition) is 1. The molecule has 0 bridgehead atoms. The molecular weight excluding hydrogens is 238 g/mol. The lowest BCUT2D eigenvalue weighted by Gasteiger charge is -2.10. The minimum absolute atomic E-state index is 0.749. The standard InChI is InChI=1S/C12H18BrN/c1-10(9-14-2)6-7-11-4-3-5-12(13)8-11/h3-5,8,10,14H,6-7,9H2,1-2H3. The zero-order chi connectivity index (χ0) is 10.4. The van der Waals surface area contributed by atoms with Gasteiger partial charge in [0, 0.05) is 4.47 Å². The van der Waals surface area contributed by atoms with E-state index in [0.717, 1.165) is 12.5 Å². The van der Waals surface area contributed by atoms with Crippen molar-refractivity contribution in [2.45, 2.75) is 19.8 Å². The van der Waals surface area contributed by atoms with Gasteiger partial charge in [-0.05, 0) is 50.0 Å². The summed E-state index contributed by atoms with van der Waals surface area (Å²) in [5.74, 6) is 0.749. The van der Waals surface area contributed by atoms with Crippen LogP contribution in [0, 0.1) is 5.92 Å². The third-order valence-electron chi connectivity index (χ3n) is 2.37. The SMILES string of the molecule is CNCC(C)CCc1cccc(Br)c1. The van der Waals surface area contributed by atoms with E-state index in [2.05, 4.69) is 52.4 Å². The van der Waals surface area contributed by atoms with Crippen LogP contribution >= 0.6 is 15.9 Å². The highest BCUT2D eigenvalue weighted by atomic mass is 79.9. The van der Waals surface area contributed by atoms with Crippen LogP contribution in [-0.4, -0.2) is 13.6 Å². The zero-order valence-electron chi connectivity index (χ0n) is 8.89. The molecule has 0 heterocycles. The molecule has 78 valence electrons. The fraction of sp³-hybridized carbons (Fsp3) is 0.500. The second kappa shape index (κ2) is 6.20. The molecule has 1 aromatic carbocycles. The molecule has 0 saturated heterocycles. The van der Waals surface area contributed by atoms with Crippen LogP contribution in [-0.2, 0) is 6.42 Å². The molecule has 2 heteroatoms. The Kier molecular flexibility index (Phi) is 5.20. The molecule has 0 amide bonds. The van der Waals surface area contributed by atoms with Gasteiger partial charge in [-0.3, -0.25) is 0 Å². The van der Waals surface area contributed by atoms with Crippen LogP contribution in [0.15, 0.2) is 28.7 Å². The molecule has 1 unspecified atom stereocenters. The Morgan fingerprint density at radius 1 is 1.43 bits per heavy atom. The Morgan fingerprint density at radius 2 is 2.21 bits per heavy atom. The molecular formula is C12H18BrN. The molecule has 1 N–H and O–H groups in total. The highest BCUT2D eigenvalue weighted by Gasteiger charge is 2.01. The first-order valence-electron chi connectivity index (χ1n) is 5.11. The maximum atomic E-state index is 3.49. The van der Waals surface area contributed by atoms with Gasteiger partial charge in [-0.1, -0.05) is 35.0 Å². The average molecular weight is 256 g/mol. The quantitative estimate of drug-likeness (QED) is 0.852. The molecule has 0 saturated carbocycles. The van der Waals surface area contributed by atoms with Gasteiger partial charge < -0.3 is 5.32 Å². The normalized spacial score (nSPS) is 12.8. The topological polar surface area (TPSA) is 12.0 Å². The Bertz CT molecular complexity index is 273. The minimum atomic E-state index is 0.749. The number of benzene rings is 1. The van der Waals surface area contributed by atoms with Gasteiger partial charge in [0.2, 0.25) is 0 Å². The molecule has 0 aromatic heterocycles. The van der Waals surface area contributed by atoms with Gasteiger partial charge in [0.05, 0.1) is 0 Å². The summed E-state index contributed by atoms with van der Waals surface area (Å²) in [5.41, 5.74) is 1.42. The summed E-state index contributed by atoms with van der Waals surface area (Å²) in [4.78, 5) is 0. The fourth-order valence-electron chi connectivity index (χ4n) is 1.56. The van der Waals surface area contributed by atoms with Crippen molar-refractivity contribution in [3.8, 4) is 0 Å². The van der Waals surface area contributed by atoms with Crippen LogP contribution < -0.4 is 5.32 Å². The number of nitrogens with one attached hydrogen (secondary N) is 1. The highest BCUT2D eigenvalue weighted by molar-refractivity contribution is 9.10. The first-order valence-corrected chi connectivity index (χ1v) is 5.90. The van der Waals surface area contributed by atoms with Crippen molar-refractivity contribution < 1.29 is 0 Å². The highest BCUT2D eigenvalue weighted by Crippen LogP contribution is 2.14. The lowest BCUT2D eigenvalue weighted by molar-refractivity contribution is 0.505. The van der Waals surface area contributed by atoms with Gasteiger partial charge in [0.25, 0.3) is 0 Å². The predicted octanol–water partition coefficient (Wildman–Crippen LogP) is 3.24. The van der Waals surface area contributed by atoms with Crippen molar-refractivity contribution in [3.05, 3.63) is 34.3 Å². The lowest BCUT2D eigenvalue weighted by atomic mass is 10.0. The van der Waals surface area contributed by atoms with Crippen LogP contribution in [0.1, 0.15) is 18.9 Å². The van der Waals surface area contributed by atoms with E-state index in [9.17, 15) is 0 Å². The summed E-state index contributed by atoms with van der Waals surface area (Å²) in [7, 11) is 2.01. The number of rotatable bonds is 5. The summed E-state index contributed by atoms with van der Waals surface area (Å²) >= 11 is 3.49. The summed E-state index contributed by atoms with van der Waals surface area (Å²) < 4.78 is 1.18. The van der Waals surface area contributed by atoms with Crippen molar-refractivity contribution >= 4 is 15.9 Å². The molecule has 1 aromatic rings. The number of aryl methyl sites for hydroxylation is 1. The average Bonchev–Trinajstić information content (AvgIpc) is 2.15. The number of halogens is 1. The van der Waals surface area contributed by atoms with Gasteiger partial charge in [-0.25, -0.2) is 0 Å². The van der Waals surface area contributed by atoms with E-state index in [1.165, 1.54) is 22.9 Å². The van der Waals surface area contributed by atoms with Crippen molar-refractivity contribution in [3.63, 3.8) is 0 Å². The van der Waals surface area contributed by atoms with E-state index in [-0.39, 0.29) is 0 Å².